The molecule has 0 unspecified atom stereocenters. The molecule has 0 amide bonds. The van der Waals surface area contributed by atoms with E-state index >= 15 is 0 Å². The Kier molecular flexibility index (Phi) is 4.10. The summed E-state index contributed by atoms with van der Waals surface area (Å²) in [5, 5.41) is 2.61. The van der Waals surface area contributed by atoms with Crippen LogP contribution < -0.4 is 10.6 Å². The fourth-order valence-corrected chi connectivity index (χ4v) is 3.91. The van der Waals surface area contributed by atoms with Crippen molar-refractivity contribution < 1.29 is 4.52 Å². The molecule has 0 N–H and O–H groups in total. The second-order valence-electron chi connectivity index (χ2n) is 3.57. The summed E-state index contributed by atoms with van der Waals surface area (Å²) in [6.07, 6.45) is 0. The molecule has 2 rings (SSSR count). The molecule has 0 fully saturated rings. The molecule has 0 aliphatic rings. The zero-order chi connectivity index (χ0) is 11.2. The monoisotopic (exact) mass is 231 g/mol. The Morgan fingerprint density at radius 1 is 0.812 bits per heavy atom. The average Bonchev–Trinajstić information content (AvgIpc) is 2.38. The van der Waals surface area contributed by atoms with E-state index in [1.807, 2.05) is 12.1 Å². The van der Waals surface area contributed by atoms with Gasteiger partial charge in [0.2, 0.25) is 0 Å². The molecule has 1 nitrogen and oxygen atoms in total. The third-order valence-electron chi connectivity index (χ3n) is 2.49. The van der Waals surface area contributed by atoms with E-state index in [0.29, 0.717) is 6.61 Å². The van der Waals surface area contributed by atoms with Crippen molar-refractivity contribution in [3.8, 4) is 0 Å². The summed E-state index contributed by atoms with van der Waals surface area (Å²) >= 11 is 0. The molecule has 0 saturated heterocycles. The van der Waals surface area contributed by atoms with Crippen LogP contribution in [0, 0.1) is 6.92 Å². The van der Waals surface area contributed by atoms with E-state index in [1.165, 1.54) is 10.6 Å². The van der Waals surface area contributed by atoms with E-state index in [1.54, 1.807) is 0 Å². The maximum absolute atomic E-state index is 5.84. The van der Waals surface area contributed by atoms with Gasteiger partial charge >= 0.3 is 97.5 Å². The average molecular weight is 231 g/mol. The standard InChI is InChI=1S/C14H16OP/c1-2-15-16(13-9-5-3-6-10-13)14-11-7-4-8-12-14/h3-12H,1-2,16H2. The van der Waals surface area contributed by atoms with Gasteiger partial charge in [-0.05, 0) is 0 Å². The van der Waals surface area contributed by atoms with Gasteiger partial charge in [0.25, 0.3) is 0 Å². The zero-order valence-corrected chi connectivity index (χ0v) is 10.3. The van der Waals surface area contributed by atoms with Crippen LogP contribution in [-0.2, 0) is 4.52 Å². The Balaban J connectivity index is 2.31. The van der Waals surface area contributed by atoms with E-state index in [2.05, 4.69) is 55.5 Å². The van der Waals surface area contributed by atoms with Gasteiger partial charge in [-0.2, -0.15) is 0 Å². The van der Waals surface area contributed by atoms with Gasteiger partial charge in [0, 0.05) is 0 Å². The number of hydrogen-bond donors (Lipinski definition) is 0. The molecule has 16 heavy (non-hydrogen) atoms. The number of hydrogen-bond acceptors (Lipinski definition) is 1. The molecule has 2 aromatic carbocycles. The van der Waals surface area contributed by atoms with Gasteiger partial charge in [0.05, 0.1) is 0 Å². The molecule has 0 heterocycles. The molecule has 0 aromatic heterocycles. The summed E-state index contributed by atoms with van der Waals surface area (Å²) in [4.78, 5) is 0. The fraction of sp³-hybridized carbons (Fsp3) is 0.0714. The van der Waals surface area contributed by atoms with Crippen molar-refractivity contribution in [2.24, 2.45) is 0 Å². The molecule has 0 spiro atoms. The third kappa shape index (κ3) is 2.69. The van der Waals surface area contributed by atoms with Gasteiger partial charge in [0.15, 0.2) is 0 Å². The van der Waals surface area contributed by atoms with E-state index in [9.17, 15) is 0 Å². The normalized spacial score (nSPS) is 11.2. The molecular weight excluding hydrogens is 215 g/mol. The van der Waals surface area contributed by atoms with E-state index < -0.39 is 8.15 Å². The number of rotatable bonds is 4. The van der Waals surface area contributed by atoms with Crippen molar-refractivity contribution in [2.45, 2.75) is 0 Å². The van der Waals surface area contributed by atoms with Crippen LogP contribution in [0.1, 0.15) is 0 Å². The van der Waals surface area contributed by atoms with Crippen LogP contribution in [0.4, 0.5) is 0 Å². The minimum absolute atomic E-state index is 0.528. The van der Waals surface area contributed by atoms with E-state index in [0.717, 1.165) is 0 Å². The second-order valence-corrected chi connectivity index (χ2v) is 6.00. The maximum atomic E-state index is 5.84. The predicted octanol–water partition coefficient (Wildman–Crippen LogP) is 2.35. The van der Waals surface area contributed by atoms with Gasteiger partial charge in [-0.15, -0.1) is 0 Å². The molecule has 1 radical (unpaired) electrons. The van der Waals surface area contributed by atoms with Crippen LogP contribution in [0.2, 0.25) is 0 Å². The number of benzene rings is 2. The van der Waals surface area contributed by atoms with Crippen molar-refractivity contribution >= 4 is 18.8 Å². The first kappa shape index (κ1) is 11.3. The van der Waals surface area contributed by atoms with Crippen LogP contribution >= 0.6 is 8.15 Å². The zero-order valence-electron chi connectivity index (χ0n) is 9.17. The summed E-state index contributed by atoms with van der Waals surface area (Å²) < 4.78 is 5.84. The van der Waals surface area contributed by atoms with Crippen LogP contribution in [0.15, 0.2) is 60.7 Å². The van der Waals surface area contributed by atoms with Crippen molar-refractivity contribution in [1.29, 1.82) is 0 Å². The van der Waals surface area contributed by atoms with Crippen LogP contribution in [-0.4, -0.2) is 6.61 Å². The Hall–Kier alpha value is -1.17. The second kappa shape index (κ2) is 5.79. The van der Waals surface area contributed by atoms with Crippen molar-refractivity contribution in [1.82, 2.24) is 0 Å². The molecule has 83 valence electrons. The Labute approximate surface area is 97.9 Å². The summed E-state index contributed by atoms with van der Waals surface area (Å²) in [5.74, 6) is 0. The summed E-state index contributed by atoms with van der Waals surface area (Å²) in [6, 6.07) is 20.9. The van der Waals surface area contributed by atoms with Crippen LogP contribution in [0.5, 0.6) is 0 Å². The molecular formula is C14H16OP. The quantitative estimate of drug-likeness (QED) is 0.734. The first-order chi connectivity index (χ1) is 7.92. The van der Waals surface area contributed by atoms with Gasteiger partial charge in [-0.1, -0.05) is 0 Å². The Bertz CT molecular complexity index is 374. The van der Waals surface area contributed by atoms with Gasteiger partial charge in [0.1, 0.15) is 0 Å². The Morgan fingerprint density at radius 3 is 1.62 bits per heavy atom. The Morgan fingerprint density at radius 2 is 1.25 bits per heavy atom. The minimum atomic E-state index is -1.51. The molecule has 0 saturated carbocycles. The SMILES string of the molecule is [CH2]CO[PH2](c1ccccc1)c1ccccc1. The van der Waals surface area contributed by atoms with Crippen LogP contribution in [0.3, 0.4) is 0 Å². The molecule has 0 aliphatic heterocycles. The predicted molar refractivity (Wildman–Crippen MR) is 73.2 cm³/mol. The van der Waals surface area contributed by atoms with Gasteiger partial charge in [-0.25, -0.2) is 0 Å². The molecule has 2 heteroatoms. The summed E-state index contributed by atoms with van der Waals surface area (Å²) in [6.45, 7) is 4.32. The summed E-state index contributed by atoms with van der Waals surface area (Å²) in [5.41, 5.74) is 0. The fourth-order valence-electron chi connectivity index (χ4n) is 1.76. The van der Waals surface area contributed by atoms with Crippen LogP contribution in [0.25, 0.3) is 0 Å². The van der Waals surface area contributed by atoms with Gasteiger partial charge in [-0.3, -0.25) is 0 Å². The van der Waals surface area contributed by atoms with Crippen molar-refractivity contribution in [3.63, 3.8) is 0 Å². The topological polar surface area (TPSA) is 9.23 Å². The molecule has 0 atom stereocenters. The molecule has 0 bridgehead atoms. The molecule has 0 aliphatic carbocycles. The first-order valence-corrected chi connectivity index (χ1v) is 7.05. The van der Waals surface area contributed by atoms with E-state index in [4.69, 9.17) is 4.52 Å². The van der Waals surface area contributed by atoms with Crippen molar-refractivity contribution in [2.75, 3.05) is 6.61 Å². The van der Waals surface area contributed by atoms with Gasteiger partial charge < -0.3 is 0 Å². The first-order valence-electron chi connectivity index (χ1n) is 5.42. The van der Waals surface area contributed by atoms with E-state index in [-0.39, 0.29) is 0 Å². The third-order valence-corrected chi connectivity index (χ3v) is 5.04. The summed E-state index contributed by atoms with van der Waals surface area (Å²) in [7, 11) is -1.51. The molecule has 2 aromatic rings. The van der Waals surface area contributed by atoms with Crippen molar-refractivity contribution in [3.05, 3.63) is 67.6 Å².